The van der Waals surface area contributed by atoms with Crippen LogP contribution in [0.1, 0.15) is 134 Å². The van der Waals surface area contributed by atoms with Crippen LogP contribution >= 0.6 is 0 Å². The first-order chi connectivity index (χ1) is 32.3. The molecule has 1 N–H and O–H groups in total. The third-order valence-corrected chi connectivity index (χ3v) is 12.7. The second kappa shape index (κ2) is 22.3. The summed E-state index contributed by atoms with van der Waals surface area (Å²) >= 11 is 0. The van der Waals surface area contributed by atoms with Gasteiger partial charge in [0.15, 0.2) is 0 Å². The van der Waals surface area contributed by atoms with Gasteiger partial charge in [-0.15, -0.1) is 0 Å². The largest absolute Gasteiger partial charge is 0.416 e. The van der Waals surface area contributed by atoms with Crippen molar-refractivity contribution in [3.8, 4) is 0 Å². The molecule has 2 saturated carbocycles. The molecule has 9 nitrogen and oxygen atoms in total. The van der Waals surface area contributed by atoms with E-state index in [0.717, 1.165) is 55.4 Å². The van der Waals surface area contributed by atoms with Crippen molar-refractivity contribution in [2.75, 3.05) is 13.2 Å². The molecular formula is C48H48F12N4O5. The molecule has 0 saturated heterocycles. The molecule has 2 atom stereocenters. The number of rotatable bonds is 11. The highest BCUT2D eigenvalue weighted by molar-refractivity contribution is 5.36. The van der Waals surface area contributed by atoms with Gasteiger partial charge in [-0.2, -0.15) is 67.0 Å². The fourth-order valence-corrected chi connectivity index (χ4v) is 8.88. The Hall–Kier alpha value is -5.79. The highest BCUT2D eigenvalue weighted by Gasteiger charge is 2.42. The van der Waals surface area contributed by atoms with Gasteiger partial charge in [-0.05, 0) is 121 Å². The zero-order valence-corrected chi connectivity index (χ0v) is 37.2. The van der Waals surface area contributed by atoms with Gasteiger partial charge in [-0.1, -0.05) is 79.9 Å². The molecule has 2 aliphatic carbocycles. The quantitative estimate of drug-likeness (QED) is 0.131. The Labute approximate surface area is 388 Å². The zero-order chi connectivity index (χ0) is 50.8. The minimum absolute atomic E-state index is 0.0796. The van der Waals surface area contributed by atoms with E-state index in [9.17, 15) is 57.5 Å². The molecule has 7 rings (SSSR count). The predicted molar refractivity (Wildman–Crippen MR) is 224 cm³/mol. The smallest absolute Gasteiger partial charge is 0.373 e. The summed E-state index contributed by atoms with van der Waals surface area (Å²) in [5.74, 6) is 0. The van der Waals surface area contributed by atoms with Crippen molar-refractivity contribution in [3.63, 3.8) is 0 Å². The van der Waals surface area contributed by atoms with E-state index in [4.69, 9.17) is 19.1 Å². The number of tetrazole rings is 1. The molecule has 0 unspecified atom stereocenters. The van der Waals surface area contributed by atoms with Gasteiger partial charge >= 0.3 is 36.5 Å². The number of nitrogens with zero attached hydrogens (tertiary/aromatic N) is 3. The van der Waals surface area contributed by atoms with E-state index < -0.39 is 70.3 Å². The van der Waals surface area contributed by atoms with E-state index in [1.54, 1.807) is 0 Å². The molecular weight excluding hydrogens is 941 g/mol. The zero-order valence-electron chi connectivity index (χ0n) is 37.2. The van der Waals surface area contributed by atoms with Crippen molar-refractivity contribution in [3.05, 3.63) is 152 Å². The summed E-state index contributed by atoms with van der Waals surface area (Å²) in [5.41, 5.74) is -4.91. The highest BCUT2D eigenvalue weighted by Crippen LogP contribution is 2.46. The average Bonchev–Trinajstić information content (AvgIpc) is 3.75. The SMILES string of the molecule is C[C@@H](OCC1(c2ccccc2)CCC(n2nn[nH]c2=O)CC1)c1cc(C(F)(F)F)cc(C(F)(F)F)c1.C[C@@H](OCC1(c2ccccc2)CCCCC1)c1cc(C(F)(F)F)cc(C(F)(F)F)c1.O=C=O. The first-order valence-corrected chi connectivity index (χ1v) is 21.7. The lowest BCUT2D eigenvalue weighted by molar-refractivity contribution is -0.191. The number of hydrogen-bond acceptors (Lipinski definition) is 7. The fourth-order valence-electron chi connectivity index (χ4n) is 8.88. The molecule has 5 aromatic rings. The Morgan fingerprint density at radius 3 is 1.26 bits per heavy atom. The van der Waals surface area contributed by atoms with E-state index in [0.29, 0.717) is 37.8 Å². The van der Waals surface area contributed by atoms with Gasteiger partial charge in [0.05, 0.1) is 53.7 Å². The molecule has 1 aromatic heterocycles. The molecule has 2 fully saturated rings. The van der Waals surface area contributed by atoms with Crippen LogP contribution in [0, 0.1) is 0 Å². The molecule has 21 heteroatoms. The lowest BCUT2D eigenvalue weighted by atomic mass is 9.68. The van der Waals surface area contributed by atoms with Crippen LogP contribution in [0.2, 0.25) is 0 Å². The Balaban J connectivity index is 0.000000247. The summed E-state index contributed by atoms with van der Waals surface area (Å²) in [6, 6.07) is 22.1. The number of alkyl halides is 12. The third kappa shape index (κ3) is 14.2. The highest BCUT2D eigenvalue weighted by atomic mass is 19.4. The second-order valence-electron chi connectivity index (χ2n) is 17.2. The maximum Gasteiger partial charge on any atom is 0.416 e. The Kier molecular flexibility index (Phi) is 17.5. The summed E-state index contributed by atoms with van der Waals surface area (Å²) in [4.78, 5) is 28.2. The van der Waals surface area contributed by atoms with Gasteiger partial charge in [-0.25, -0.2) is 9.89 Å². The van der Waals surface area contributed by atoms with Gasteiger partial charge in [-0.3, -0.25) is 0 Å². The number of aromatic amines is 1. The summed E-state index contributed by atoms with van der Waals surface area (Å²) in [6.07, 6.45) is -14.1. The Bertz CT molecular complexity index is 2440. The van der Waals surface area contributed by atoms with Crippen molar-refractivity contribution in [1.29, 1.82) is 0 Å². The van der Waals surface area contributed by atoms with Crippen molar-refractivity contribution >= 4 is 6.15 Å². The van der Waals surface area contributed by atoms with E-state index in [1.807, 2.05) is 60.7 Å². The molecule has 374 valence electrons. The monoisotopic (exact) mass is 988 g/mol. The number of benzene rings is 4. The van der Waals surface area contributed by atoms with Crippen molar-refractivity contribution in [2.45, 2.75) is 125 Å². The van der Waals surface area contributed by atoms with Crippen LogP contribution in [0.3, 0.4) is 0 Å². The minimum atomic E-state index is -4.93. The molecule has 0 amide bonds. The molecule has 69 heavy (non-hydrogen) atoms. The van der Waals surface area contributed by atoms with Crippen LogP contribution in [0.15, 0.2) is 102 Å². The minimum Gasteiger partial charge on any atom is -0.373 e. The Morgan fingerprint density at radius 1 is 0.594 bits per heavy atom. The predicted octanol–water partition coefficient (Wildman–Crippen LogP) is 13.0. The van der Waals surface area contributed by atoms with Gasteiger partial charge in [0.1, 0.15) is 0 Å². The lowest BCUT2D eigenvalue weighted by Gasteiger charge is -2.41. The van der Waals surface area contributed by atoms with Crippen LogP contribution < -0.4 is 5.69 Å². The maximum atomic E-state index is 13.3. The van der Waals surface area contributed by atoms with E-state index in [2.05, 4.69) is 15.5 Å². The maximum absolute atomic E-state index is 13.3. The van der Waals surface area contributed by atoms with Crippen LogP contribution in [0.4, 0.5) is 52.7 Å². The molecule has 1 heterocycles. The number of hydrogen-bond donors (Lipinski definition) is 1. The normalized spacial score (nSPS) is 19.5. The van der Waals surface area contributed by atoms with E-state index in [-0.39, 0.29) is 54.1 Å². The van der Waals surface area contributed by atoms with Crippen LogP contribution in [0.5, 0.6) is 0 Å². The summed E-state index contributed by atoms with van der Waals surface area (Å²) in [6.45, 7) is 3.26. The molecule has 2 aliphatic rings. The fraction of sp³-hybridized carbons (Fsp3) is 0.458. The summed E-state index contributed by atoms with van der Waals surface area (Å²) in [7, 11) is 0. The topological polar surface area (TPSA) is 116 Å². The molecule has 0 radical (unpaired) electrons. The number of H-pyrrole nitrogens is 1. The summed E-state index contributed by atoms with van der Waals surface area (Å²) in [5, 5.41) is 9.61. The molecule has 0 aliphatic heterocycles. The number of carbonyl (C=O) groups excluding carboxylic acids is 2. The molecule has 0 bridgehead atoms. The summed E-state index contributed by atoms with van der Waals surface area (Å²) < 4.78 is 172. The number of aromatic nitrogens is 4. The van der Waals surface area contributed by atoms with E-state index >= 15 is 0 Å². The first-order valence-electron chi connectivity index (χ1n) is 21.7. The van der Waals surface area contributed by atoms with E-state index in [1.165, 1.54) is 18.5 Å². The molecule has 4 aromatic carbocycles. The van der Waals surface area contributed by atoms with Crippen molar-refractivity contribution in [2.24, 2.45) is 0 Å². The van der Waals surface area contributed by atoms with Crippen molar-refractivity contribution in [1.82, 2.24) is 20.2 Å². The second-order valence-corrected chi connectivity index (χ2v) is 17.2. The lowest BCUT2D eigenvalue weighted by Crippen LogP contribution is -2.39. The van der Waals surface area contributed by atoms with Crippen LogP contribution in [-0.2, 0) is 54.6 Å². The first kappa shape index (κ1) is 54.2. The average molecular weight is 989 g/mol. The number of halogens is 12. The Morgan fingerprint density at radius 2 is 0.942 bits per heavy atom. The van der Waals surface area contributed by atoms with Crippen molar-refractivity contribution < 1.29 is 71.7 Å². The van der Waals surface area contributed by atoms with Gasteiger partial charge < -0.3 is 9.47 Å². The van der Waals surface area contributed by atoms with Gasteiger partial charge in [0.25, 0.3) is 0 Å². The number of ether oxygens (including phenoxy) is 2. The standard InChI is InChI=1S/C24H24F6N4O2.C23H24F6O.CO2/c1-15(16-11-18(23(25,26)27)13-19(12-16)24(28,29)30)36-14-22(17-5-3-2-4-6-17)9-7-20(8-10-22)34-21(35)31-32-33-34;1-16(17-12-19(22(24,25)26)14-20(13-17)23(27,28)29)30-15-21(10-6-3-7-11-21)18-8-4-2-5-9-18;2-1-3/h2-6,11-13,15,20H,7-10,14H2,1H3,(H,31,33,35);2,4-5,8-9,12-14,16H,3,6-7,10-11,15H2,1H3;/t15-,20?,22?;16-;/m11./s1. The third-order valence-electron chi connectivity index (χ3n) is 12.7. The van der Waals surface area contributed by atoms with Crippen LogP contribution in [-0.4, -0.2) is 39.6 Å². The molecule has 0 spiro atoms. The van der Waals surface area contributed by atoms with Gasteiger partial charge in [0, 0.05) is 10.8 Å². The van der Waals surface area contributed by atoms with Crippen LogP contribution in [0.25, 0.3) is 0 Å². The van der Waals surface area contributed by atoms with Gasteiger partial charge in [0.2, 0.25) is 0 Å². The number of nitrogens with one attached hydrogen (secondary N) is 1.